The van der Waals surface area contributed by atoms with Gasteiger partial charge in [0.05, 0.1) is 27.8 Å². The average Bonchev–Trinajstić information content (AvgIpc) is 2.42. The van der Waals surface area contributed by atoms with Gasteiger partial charge in [0.2, 0.25) is 0 Å². The van der Waals surface area contributed by atoms with E-state index < -0.39 is 6.10 Å². The van der Waals surface area contributed by atoms with Gasteiger partial charge in [-0.1, -0.05) is 29.3 Å². The molecule has 0 aliphatic heterocycles. The lowest BCUT2D eigenvalue weighted by Crippen LogP contribution is -1.97. The molecule has 2 aromatic rings. The molecule has 2 aromatic carbocycles. The number of nitrogens with zero attached hydrogens (tertiary/aromatic N) is 1. The van der Waals surface area contributed by atoms with Crippen molar-refractivity contribution in [3.8, 4) is 17.6 Å². The molecular weight excluding hydrogens is 297 g/mol. The summed E-state index contributed by atoms with van der Waals surface area (Å²) in [7, 11) is 0. The smallest absolute Gasteiger partial charge is 0.134 e. The largest absolute Gasteiger partial charge is 0.457 e. The maximum Gasteiger partial charge on any atom is 0.134 e. The maximum atomic E-state index is 9.73. The molecule has 0 radical (unpaired) electrons. The normalized spacial score (nSPS) is 11.8. The first-order valence-corrected chi connectivity index (χ1v) is 6.62. The van der Waals surface area contributed by atoms with Crippen molar-refractivity contribution in [3.63, 3.8) is 0 Å². The Morgan fingerprint density at radius 1 is 1.15 bits per heavy atom. The lowest BCUT2D eigenvalue weighted by molar-refractivity contribution is 0.195. The summed E-state index contributed by atoms with van der Waals surface area (Å²) in [6, 6.07) is 11.8. The van der Waals surface area contributed by atoms with Gasteiger partial charge in [-0.3, -0.25) is 0 Å². The third-order valence-electron chi connectivity index (χ3n) is 2.71. The van der Waals surface area contributed by atoms with E-state index in [4.69, 9.17) is 33.2 Å². The SMILES string of the molecule is C[C@@H](O)c1ccc(C#N)cc1Oc1ccc(Cl)c(Cl)c1. The average molecular weight is 308 g/mol. The minimum absolute atomic E-state index is 0.374. The Morgan fingerprint density at radius 2 is 1.90 bits per heavy atom. The van der Waals surface area contributed by atoms with Crippen LogP contribution >= 0.6 is 23.2 Å². The maximum absolute atomic E-state index is 9.73. The first kappa shape index (κ1) is 14.7. The van der Waals surface area contributed by atoms with Crippen LogP contribution in [-0.4, -0.2) is 5.11 Å². The molecule has 1 atom stereocenters. The molecule has 0 aliphatic carbocycles. The van der Waals surface area contributed by atoms with E-state index in [0.717, 1.165) is 0 Å². The van der Waals surface area contributed by atoms with Gasteiger partial charge in [0.15, 0.2) is 0 Å². The molecule has 2 rings (SSSR count). The van der Waals surface area contributed by atoms with Crippen LogP contribution in [0.3, 0.4) is 0 Å². The van der Waals surface area contributed by atoms with Crippen LogP contribution in [0.5, 0.6) is 11.5 Å². The summed E-state index contributed by atoms with van der Waals surface area (Å²) in [6.45, 7) is 1.63. The number of ether oxygens (including phenoxy) is 1. The molecule has 1 N–H and O–H groups in total. The molecule has 0 fully saturated rings. The minimum atomic E-state index is -0.708. The van der Waals surface area contributed by atoms with Crippen molar-refractivity contribution < 1.29 is 9.84 Å². The molecule has 20 heavy (non-hydrogen) atoms. The van der Waals surface area contributed by atoms with Crippen LogP contribution < -0.4 is 4.74 Å². The van der Waals surface area contributed by atoms with Crippen molar-refractivity contribution in [3.05, 3.63) is 57.6 Å². The fourth-order valence-corrected chi connectivity index (χ4v) is 1.99. The Bertz CT molecular complexity index is 678. The third kappa shape index (κ3) is 3.23. The summed E-state index contributed by atoms with van der Waals surface area (Å²) >= 11 is 11.8. The molecule has 0 aromatic heterocycles. The van der Waals surface area contributed by atoms with Crippen molar-refractivity contribution in [1.82, 2.24) is 0 Å². The molecule has 0 heterocycles. The Morgan fingerprint density at radius 3 is 2.50 bits per heavy atom. The first-order valence-electron chi connectivity index (χ1n) is 5.86. The standard InChI is InChI=1S/C15H11Cl2NO2/c1-9(19)12-4-2-10(8-18)6-15(12)20-11-3-5-13(16)14(17)7-11/h2-7,9,19H,1H3/t9-/m1/s1. The zero-order chi connectivity index (χ0) is 14.7. The summed E-state index contributed by atoms with van der Waals surface area (Å²) < 4.78 is 5.69. The second kappa shape index (κ2) is 6.15. The molecule has 0 saturated carbocycles. The van der Waals surface area contributed by atoms with Gasteiger partial charge in [-0.25, -0.2) is 0 Å². The zero-order valence-electron chi connectivity index (χ0n) is 10.6. The molecule has 3 nitrogen and oxygen atoms in total. The lowest BCUT2D eigenvalue weighted by atomic mass is 10.1. The summed E-state index contributed by atoms with van der Waals surface area (Å²) in [5.41, 5.74) is 1.04. The van der Waals surface area contributed by atoms with Crippen LogP contribution in [0.25, 0.3) is 0 Å². The van der Waals surface area contributed by atoms with E-state index in [1.165, 1.54) is 0 Å². The van der Waals surface area contributed by atoms with Gasteiger partial charge < -0.3 is 9.84 Å². The number of nitriles is 1. The number of halogens is 2. The van der Waals surface area contributed by atoms with Crippen LogP contribution in [-0.2, 0) is 0 Å². The number of hydrogen-bond donors (Lipinski definition) is 1. The highest BCUT2D eigenvalue weighted by molar-refractivity contribution is 6.42. The number of aliphatic hydroxyl groups excluding tert-OH is 1. The fraction of sp³-hybridized carbons (Fsp3) is 0.133. The van der Waals surface area contributed by atoms with E-state index in [1.807, 2.05) is 6.07 Å². The van der Waals surface area contributed by atoms with E-state index >= 15 is 0 Å². The van der Waals surface area contributed by atoms with E-state index in [0.29, 0.717) is 32.7 Å². The Kier molecular flexibility index (Phi) is 4.51. The van der Waals surface area contributed by atoms with Crippen LogP contribution in [0.4, 0.5) is 0 Å². The third-order valence-corrected chi connectivity index (χ3v) is 3.45. The molecule has 0 aliphatic rings. The van der Waals surface area contributed by atoms with Crippen molar-refractivity contribution in [1.29, 1.82) is 5.26 Å². The molecule has 5 heteroatoms. The van der Waals surface area contributed by atoms with Gasteiger partial charge >= 0.3 is 0 Å². The number of benzene rings is 2. The van der Waals surface area contributed by atoms with Crippen molar-refractivity contribution in [2.24, 2.45) is 0 Å². The summed E-state index contributed by atoms with van der Waals surface area (Å²) in [6.07, 6.45) is -0.708. The summed E-state index contributed by atoms with van der Waals surface area (Å²) in [5, 5.41) is 19.5. The van der Waals surface area contributed by atoms with Crippen molar-refractivity contribution in [2.45, 2.75) is 13.0 Å². The number of aliphatic hydroxyl groups is 1. The van der Waals surface area contributed by atoms with Crippen LogP contribution in [0.2, 0.25) is 10.0 Å². The second-order valence-electron chi connectivity index (χ2n) is 4.22. The molecule has 102 valence electrons. The molecule has 0 spiro atoms. The van der Waals surface area contributed by atoms with Gasteiger partial charge in [0, 0.05) is 11.6 Å². The quantitative estimate of drug-likeness (QED) is 0.893. The predicted octanol–water partition coefficient (Wildman–Crippen LogP) is 4.71. The minimum Gasteiger partial charge on any atom is -0.457 e. The summed E-state index contributed by atoms with van der Waals surface area (Å²) in [4.78, 5) is 0. The predicted molar refractivity (Wildman–Crippen MR) is 78.3 cm³/mol. The van der Waals surface area contributed by atoms with E-state index in [1.54, 1.807) is 43.3 Å². The van der Waals surface area contributed by atoms with Gasteiger partial charge in [-0.2, -0.15) is 5.26 Å². The van der Waals surface area contributed by atoms with E-state index in [-0.39, 0.29) is 0 Å². The van der Waals surface area contributed by atoms with E-state index in [2.05, 4.69) is 0 Å². The van der Waals surface area contributed by atoms with Crippen molar-refractivity contribution >= 4 is 23.2 Å². The zero-order valence-corrected chi connectivity index (χ0v) is 12.1. The van der Waals surface area contributed by atoms with Gasteiger partial charge in [-0.05, 0) is 31.2 Å². The van der Waals surface area contributed by atoms with Crippen LogP contribution in [0, 0.1) is 11.3 Å². The highest BCUT2D eigenvalue weighted by Gasteiger charge is 2.12. The van der Waals surface area contributed by atoms with Gasteiger partial charge in [0.25, 0.3) is 0 Å². The highest BCUT2D eigenvalue weighted by Crippen LogP contribution is 2.33. The van der Waals surface area contributed by atoms with Crippen LogP contribution in [0.15, 0.2) is 36.4 Å². The monoisotopic (exact) mass is 307 g/mol. The fourth-order valence-electron chi connectivity index (χ4n) is 1.70. The molecular formula is C15H11Cl2NO2. The van der Waals surface area contributed by atoms with Gasteiger partial charge in [0.1, 0.15) is 11.5 Å². The Labute approximate surface area is 126 Å². The Hall–Kier alpha value is -1.73. The van der Waals surface area contributed by atoms with Crippen LogP contribution in [0.1, 0.15) is 24.2 Å². The van der Waals surface area contributed by atoms with Gasteiger partial charge in [-0.15, -0.1) is 0 Å². The highest BCUT2D eigenvalue weighted by atomic mass is 35.5. The molecule has 0 unspecified atom stereocenters. The number of hydrogen-bond acceptors (Lipinski definition) is 3. The topological polar surface area (TPSA) is 53.2 Å². The second-order valence-corrected chi connectivity index (χ2v) is 5.03. The van der Waals surface area contributed by atoms with Crippen molar-refractivity contribution in [2.75, 3.05) is 0 Å². The lowest BCUT2D eigenvalue weighted by Gasteiger charge is -2.13. The summed E-state index contributed by atoms with van der Waals surface area (Å²) in [5.74, 6) is 0.897. The van der Waals surface area contributed by atoms with E-state index in [9.17, 15) is 5.11 Å². The molecule has 0 bridgehead atoms. The number of rotatable bonds is 3. The Balaban J connectivity index is 2.40. The molecule has 0 saturated heterocycles. The first-order chi connectivity index (χ1) is 9.51. The molecule has 0 amide bonds.